The molecule has 21 heavy (non-hydrogen) atoms. The summed E-state index contributed by atoms with van der Waals surface area (Å²) < 4.78 is 0. The van der Waals surface area contributed by atoms with Crippen molar-refractivity contribution in [2.45, 2.75) is 0 Å². The second-order valence-corrected chi connectivity index (χ2v) is 4.75. The summed E-state index contributed by atoms with van der Waals surface area (Å²) in [6.07, 6.45) is 0. The maximum absolute atomic E-state index is 12.2. The number of carbonyl (C=O) groups excluding carboxylic acids is 1. The number of amides is 1. The second-order valence-electron chi connectivity index (χ2n) is 4.75. The molecular weight excluding hydrogens is 268 g/mol. The van der Waals surface area contributed by atoms with Crippen LogP contribution >= 0.6 is 0 Å². The number of hydrogen-bond acceptors (Lipinski definition) is 3. The van der Waals surface area contributed by atoms with Gasteiger partial charge in [0.1, 0.15) is 0 Å². The highest BCUT2D eigenvalue weighted by Gasteiger charge is 2.13. The van der Waals surface area contributed by atoms with E-state index in [9.17, 15) is 9.59 Å². The highest BCUT2D eigenvalue weighted by Crippen LogP contribution is 2.18. The lowest BCUT2D eigenvalue weighted by atomic mass is 10.1. The highest BCUT2D eigenvalue weighted by molar-refractivity contribution is 6.08. The Kier molecular flexibility index (Phi) is 4.23. The molecule has 0 aliphatic carbocycles. The number of rotatable bonds is 4. The van der Waals surface area contributed by atoms with Crippen LogP contribution in [0.3, 0.4) is 0 Å². The molecule has 0 heterocycles. The molecule has 5 nitrogen and oxygen atoms in total. The van der Waals surface area contributed by atoms with Crippen LogP contribution in [0, 0.1) is 0 Å². The summed E-state index contributed by atoms with van der Waals surface area (Å²) in [5, 5.41) is 11.7. The minimum absolute atomic E-state index is 0.0645. The quantitative estimate of drug-likeness (QED) is 0.905. The zero-order chi connectivity index (χ0) is 15.4. The first kappa shape index (κ1) is 14.6. The number of hydrogen-bond donors (Lipinski definition) is 2. The molecule has 0 bridgehead atoms. The molecule has 0 spiro atoms. The van der Waals surface area contributed by atoms with E-state index in [0.717, 1.165) is 5.69 Å². The van der Waals surface area contributed by atoms with Crippen LogP contribution in [0.5, 0.6) is 0 Å². The molecular formula is C16H16N2O3. The van der Waals surface area contributed by atoms with E-state index in [1.54, 1.807) is 36.4 Å². The fourth-order valence-corrected chi connectivity index (χ4v) is 1.90. The molecule has 2 aromatic carbocycles. The molecule has 2 aromatic rings. The molecule has 0 atom stereocenters. The van der Waals surface area contributed by atoms with Crippen molar-refractivity contribution >= 4 is 23.3 Å². The number of para-hydroxylation sites is 1. The number of nitrogens with zero attached hydrogens (tertiary/aromatic N) is 1. The summed E-state index contributed by atoms with van der Waals surface area (Å²) in [5.41, 5.74) is 1.72. The molecule has 2 N–H and O–H groups in total. The zero-order valence-electron chi connectivity index (χ0n) is 11.8. The Morgan fingerprint density at radius 2 is 1.76 bits per heavy atom. The van der Waals surface area contributed by atoms with Gasteiger partial charge >= 0.3 is 5.97 Å². The molecule has 0 radical (unpaired) electrons. The number of anilines is 2. The predicted molar refractivity (Wildman–Crippen MR) is 82.1 cm³/mol. The molecule has 0 aliphatic rings. The number of carboxylic acids is 1. The third-order valence-electron chi connectivity index (χ3n) is 3.03. The zero-order valence-corrected chi connectivity index (χ0v) is 11.8. The van der Waals surface area contributed by atoms with E-state index in [4.69, 9.17) is 5.11 Å². The van der Waals surface area contributed by atoms with Crippen LogP contribution < -0.4 is 10.2 Å². The van der Waals surface area contributed by atoms with Gasteiger partial charge < -0.3 is 15.3 Å². The van der Waals surface area contributed by atoms with Crippen LogP contribution in [-0.2, 0) is 0 Å². The summed E-state index contributed by atoms with van der Waals surface area (Å²) in [5.74, 6) is -1.42. The monoisotopic (exact) mass is 284 g/mol. The topological polar surface area (TPSA) is 69.6 Å². The number of aromatic carboxylic acids is 1. The number of carbonyl (C=O) groups is 2. The average molecular weight is 284 g/mol. The maximum Gasteiger partial charge on any atom is 0.337 e. The van der Waals surface area contributed by atoms with Crippen LogP contribution in [0.15, 0.2) is 48.5 Å². The lowest BCUT2D eigenvalue weighted by Crippen LogP contribution is -2.16. The molecule has 0 aliphatic heterocycles. The van der Waals surface area contributed by atoms with Crippen LogP contribution in [0.2, 0.25) is 0 Å². The van der Waals surface area contributed by atoms with Crippen molar-refractivity contribution in [1.29, 1.82) is 0 Å². The lowest BCUT2D eigenvalue weighted by molar-refractivity contribution is 0.0698. The Hall–Kier alpha value is -2.82. The van der Waals surface area contributed by atoms with Gasteiger partial charge in [0.15, 0.2) is 0 Å². The Labute approximate surface area is 122 Å². The van der Waals surface area contributed by atoms with Gasteiger partial charge in [0.2, 0.25) is 0 Å². The smallest absolute Gasteiger partial charge is 0.337 e. The van der Waals surface area contributed by atoms with Gasteiger partial charge in [-0.3, -0.25) is 4.79 Å². The van der Waals surface area contributed by atoms with E-state index >= 15 is 0 Å². The molecule has 1 amide bonds. The Morgan fingerprint density at radius 3 is 2.43 bits per heavy atom. The summed E-state index contributed by atoms with van der Waals surface area (Å²) in [6.45, 7) is 0. The number of benzene rings is 2. The molecule has 0 fully saturated rings. The van der Waals surface area contributed by atoms with E-state index in [0.29, 0.717) is 5.56 Å². The largest absolute Gasteiger partial charge is 0.478 e. The standard InChI is InChI=1S/C16H16N2O3/c1-18(2)12-7-5-6-11(10-12)15(19)17-14-9-4-3-8-13(14)16(20)21/h3-10H,1-2H3,(H,17,19)(H,20,21). The minimum Gasteiger partial charge on any atom is -0.478 e. The lowest BCUT2D eigenvalue weighted by Gasteiger charge is -2.14. The Morgan fingerprint density at radius 1 is 1.05 bits per heavy atom. The van der Waals surface area contributed by atoms with E-state index in [-0.39, 0.29) is 17.2 Å². The van der Waals surface area contributed by atoms with E-state index < -0.39 is 5.97 Å². The SMILES string of the molecule is CN(C)c1cccc(C(=O)Nc2ccccc2C(=O)O)c1. The van der Waals surface area contributed by atoms with Crippen molar-refractivity contribution < 1.29 is 14.7 Å². The van der Waals surface area contributed by atoms with Gasteiger partial charge in [0.05, 0.1) is 11.3 Å². The van der Waals surface area contributed by atoms with Crippen molar-refractivity contribution in [1.82, 2.24) is 0 Å². The number of carboxylic acid groups (broad SMARTS) is 1. The van der Waals surface area contributed by atoms with Gasteiger partial charge in [-0.25, -0.2) is 4.79 Å². The summed E-state index contributed by atoms with van der Waals surface area (Å²) >= 11 is 0. The van der Waals surface area contributed by atoms with Crippen molar-refractivity contribution in [3.63, 3.8) is 0 Å². The minimum atomic E-state index is -1.08. The molecule has 0 saturated heterocycles. The molecule has 0 unspecified atom stereocenters. The highest BCUT2D eigenvalue weighted by atomic mass is 16.4. The average Bonchev–Trinajstić information content (AvgIpc) is 2.47. The van der Waals surface area contributed by atoms with Gasteiger partial charge in [0.25, 0.3) is 5.91 Å². The van der Waals surface area contributed by atoms with Gasteiger partial charge in [-0.05, 0) is 30.3 Å². The van der Waals surface area contributed by atoms with E-state index in [2.05, 4.69) is 5.32 Å². The van der Waals surface area contributed by atoms with Gasteiger partial charge in [-0.2, -0.15) is 0 Å². The van der Waals surface area contributed by atoms with Crippen molar-refractivity contribution in [2.24, 2.45) is 0 Å². The molecule has 0 saturated carbocycles. The second kappa shape index (κ2) is 6.09. The fourth-order valence-electron chi connectivity index (χ4n) is 1.90. The summed E-state index contributed by atoms with van der Waals surface area (Å²) in [4.78, 5) is 25.3. The first-order valence-corrected chi connectivity index (χ1v) is 6.40. The molecule has 5 heteroatoms. The van der Waals surface area contributed by atoms with Gasteiger partial charge in [-0.15, -0.1) is 0 Å². The summed E-state index contributed by atoms with van der Waals surface area (Å²) in [7, 11) is 3.77. The first-order chi connectivity index (χ1) is 9.99. The normalized spacial score (nSPS) is 10.0. The molecule has 108 valence electrons. The fraction of sp³-hybridized carbons (Fsp3) is 0.125. The van der Waals surface area contributed by atoms with Crippen molar-refractivity contribution in [3.8, 4) is 0 Å². The predicted octanol–water partition coefficient (Wildman–Crippen LogP) is 2.70. The summed E-state index contributed by atoms with van der Waals surface area (Å²) in [6, 6.07) is 13.4. The maximum atomic E-state index is 12.2. The van der Waals surface area contributed by atoms with E-state index in [1.165, 1.54) is 6.07 Å². The van der Waals surface area contributed by atoms with Crippen LogP contribution in [-0.4, -0.2) is 31.1 Å². The Bertz CT molecular complexity index is 681. The van der Waals surface area contributed by atoms with Gasteiger partial charge in [0, 0.05) is 25.3 Å². The number of nitrogens with one attached hydrogen (secondary N) is 1. The van der Waals surface area contributed by atoms with Crippen LogP contribution in [0.4, 0.5) is 11.4 Å². The first-order valence-electron chi connectivity index (χ1n) is 6.40. The van der Waals surface area contributed by atoms with Gasteiger partial charge in [-0.1, -0.05) is 18.2 Å². The third kappa shape index (κ3) is 3.39. The molecule has 0 aromatic heterocycles. The molecule has 2 rings (SSSR count). The Balaban J connectivity index is 2.26. The third-order valence-corrected chi connectivity index (χ3v) is 3.03. The van der Waals surface area contributed by atoms with Crippen molar-refractivity contribution in [2.75, 3.05) is 24.3 Å². The van der Waals surface area contributed by atoms with Crippen LogP contribution in [0.25, 0.3) is 0 Å². The van der Waals surface area contributed by atoms with Crippen molar-refractivity contribution in [3.05, 3.63) is 59.7 Å². The van der Waals surface area contributed by atoms with E-state index in [1.807, 2.05) is 25.1 Å². The van der Waals surface area contributed by atoms with Crippen LogP contribution in [0.1, 0.15) is 20.7 Å².